The zero-order valence-corrected chi connectivity index (χ0v) is 7.63. The molecule has 0 fully saturated rings. The molecule has 0 bridgehead atoms. The van der Waals surface area contributed by atoms with Gasteiger partial charge in [0.25, 0.3) is 0 Å². The van der Waals surface area contributed by atoms with E-state index in [4.69, 9.17) is 5.11 Å². The molecule has 0 amide bonds. The molecule has 0 rings (SSSR count). The average Bonchev–Trinajstić information content (AvgIpc) is 1.80. The summed E-state index contributed by atoms with van der Waals surface area (Å²) in [4.78, 5) is 20.9. The SMILES string of the molecule is CC(C)(C)C=CC(=O)CC(=O)O. The summed E-state index contributed by atoms with van der Waals surface area (Å²) >= 11 is 0. The van der Waals surface area contributed by atoms with Crippen LogP contribution in [0.25, 0.3) is 0 Å². The van der Waals surface area contributed by atoms with E-state index in [1.54, 1.807) is 6.08 Å². The van der Waals surface area contributed by atoms with Crippen LogP contribution in [0.2, 0.25) is 0 Å². The molecule has 0 spiro atoms. The van der Waals surface area contributed by atoms with Gasteiger partial charge in [-0.15, -0.1) is 0 Å². The molecule has 0 aromatic rings. The fourth-order valence-electron chi connectivity index (χ4n) is 0.551. The van der Waals surface area contributed by atoms with E-state index in [0.29, 0.717) is 0 Å². The van der Waals surface area contributed by atoms with E-state index in [-0.39, 0.29) is 11.2 Å². The molecule has 0 aromatic heterocycles. The molecule has 0 aliphatic heterocycles. The van der Waals surface area contributed by atoms with E-state index >= 15 is 0 Å². The smallest absolute Gasteiger partial charge is 0.311 e. The van der Waals surface area contributed by atoms with Crippen molar-refractivity contribution in [2.75, 3.05) is 0 Å². The second-order valence-electron chi connectivity index (χ2n) is 3.74. The number of carbonyl (C=O) groups is 2. The first-order valence-corrected chi connectivity index (χ1v) is 3.75. The molecule has 68 valence electrons. The molecule has 0 radical (unpaired) electrons. The van der Waals surface area contributed by atoms with E-state index in [1.807, 2.05) is 20.8 Å². The van der Waals surface area contributed by atoms with Crippen LogP contribution >= 0.6 is 0 Å². The maximum absolute atomic E-state index is 10.8. The summed E-state index contributed by atoms with van der Waals surface area (Å²) < 4.78 is 0. The van der Waals surface area contributed by atoms with Crippen LogP contribution in [-0.2, 0) is 9.59 Å². The van der Waals surface area contributed by atoms with E-state index in [9.17, 15) is 9.59 Å². The molecule has 0 atom stereocenters. The van der Waals surface area contributed by atoms with Crippen molar-refractivity contribution in [1.29, 1.82) is 0 Å². The van der Waals surface area contributed by atoms with Crippen LogP contribution in [0, 0.1) is 5.41 Å². The minimum Gasteiger partial charge on any atom is -0.481 e. The van der Waals surface area contributed by atoms with Crippen LogP contribution in [-0.4, -0.2) is 16.9 Å². The highest BCUT2D eigenvalue weighted by atomic mass is 16.4. The third-order valence-corrected chi connectivity index (χ3v) is 1.09. The standard InChI is InChI=1S/C9H14O3/c1-9(2,3)5-4-7(10)6-8(11)12/h4-5H,6H2,1-3H3,(H,11,12). The van der Waals surface area contributed by atoms with Crippen molar-refractivity contribution in [2.45, 2.75) is 27.2 Å². The molecule has 0 aromatic carbocycles. The molecule has 0 saturated carbocycles. The van der Waals surface area contributed by atoms with Crippen molar-refractivity contribution in [3.05, 3.63) is 12.2 Å². The summed E-state index contributed by atoms with van der Waals surface area (Å²) in [5.74, 6) is -1.45. The first kappa shape index (κ1) is 10.9. The lowest BCUT2D eigenvalue weighted by Gasteiger charge is -2.10. The van der Waals surface area contributed by atoms with Crippen molar-refractivity contribution in [3.63, 3.8) is 0 Å². The number of hydrogen-bond acceptors (Lipinski definition) is 2. The number of rotatable bonds is 3. The zero-order valence-electron chi connectivity index (χ0n) is 7.63. The monoisotopic (exact) mass is 170 g/mol. The minimum absolute atomic E-state index is 0.0752. The Balaban J connectivity index is 4.01. The molecule has 0 saturated heterocycles. The zero-order chi connectivity index (χ0) is 9.78. The summed E-state index contributed by atoms with van der Waals surface area (Å²) in [6, 6.07) is 0. The van der Waals surface area contributed by atoms with E-state index in [2.05, 4.69) is 0 Å². The van der Waals surface area contributed by atoms with Crippen LogP contribution in [0.1, 0.15) is 27.2 Å². The average molecular weight is 170 g/mol. The number of ketones is 1. The van der Waals surface area contributed by atoms with Crippen molar-refractivity contribution in [1.82, 2.24) is 0 Å². The summed E-state index contributed by atoms with van der Waals surface area (Å²) in [5.41, 5.74) is -0.0752. The van der Waals surface area contributed by atoms with E-state index < -0.39 is 12.4 Å². The van der Waals surface area contributed by atoms with Crippen molar-refractivity contribution < 1.29 is 14.7 Å². The number of hydrogen-bond donors (Lipinski definition) is 1. The highest BCUT2D eigenvalue weighted by Crippen LogP contribution is 2.14. The summed E-state index contributed by atoms with van der Waals surface area (Å²) in [5, 5.41) is 8.26. The van der Waals surface area contributed by atoms with E-state index in [0.717, 1.165) is 0 Å². The highest BCUT2D eigenvalue weighted by Gasteiger charge is 2.07. The van der Waals surface area contributed by atoms with Gasteiger partial charge in [0.15, 0.2) is 5.78 Å². The Labute approximate surface area is 72.1 Å². The van der Waals surface area contributed by atoms with Gasteiger partial charge in [0.1, 0.15) is 6.42 Å². The van der Waals surface area contributed by atoms with Gasteiger partial charge in [-0.3, -0.25) is 9.59 Å². The van der Waals surface area contributed by atoms with Gasteiger partial charge in [-0.2, -0.15) is 0 Å². The number of aliphatic carboxylic acids is 1. The fraction of sp³-hybridized carbons (Fsp3) is 0.556. The highest BCUT2D eigenvalue weighted by molar-refractivity contribution is 6.01. The summed E-state index contributed by atoms with van der Waals surface area (Å²) in [6.07, 6.45) is 2.61. The van der Waals surface area contributed by atoms with Crippen molar-refractivity contribution >= 4 is 11.8 Å². The molecule has 0 heterocycles. The molecule has 0 unspecified atom stereocenters. The predicted octanol–water partition coefficient (Wildman–Crippen LogP) is 1.63. The Morgan fingerprint density at radius 1 is 1.33 bits per heavy atom. The van der Waals surface area contributed by atoms with Gasteiger partial charge >= 0.3 is 5.97 Å². The maximum atomic E-state index is 10.8. The van der Waals surface area contributed by atoms with Gasteiger partial charge in [0, 0.05) is 0 Å². The number of carboxylic acids is 1. The van der Waals surface area contributed by atoms with Gasteiger partial charge in [-0.25, -0.2) is 0 Å². The number of carbonyl (C=O) groups excluding carboxylic acids is 1. The molecule has 3 heteroatoms. The Bertz CT molecular complexity index is 208. The lowest BCUT2D eigenvalue weighted by molar-refractivity contribution is -0.139. The lowest BCUT2D eigenvalue weighted by atomic mass is 9.96. The van der Waals surface area contributed by atoms with Crippen LogP contribution in [0.4, 0.5) is 0 Å². The van der Waals surface area contributed by atoms with Crippen molar-refractivity contribution in [2.24, 2.45) is 5.41 Å². The lowest BCUT2D eigenvalue weighted by Crippen LogP contribution is -2.05. The minimum atomic E-state index is -1.08. The second kappa shape index (κ2) is 4.04. The molecule has 0 aliphatic rings. The van der Waals surface area contributed by atoms with E-state index in [1.165, 1.54) is 6.08 Å². The van der Waals surface area contributed by atoms with Crippen LogP contribution in [0.5, 0.6) is 0 Å². The summed E-state index contributed by atoms with van der Waals surface area (Å²) in [6.45, 7) is 5.83. The topological polar surface area (TPSA) is 54.4 Å². The Hall–Kier alpha value is -1.12. The molecule has 0 aliphatic carbocycles. The third kappa shape index (κ3) is 6.99. The molecule has 3 nitrogen and oxygen atoms in total. The first-order chi connectivity index (χ1) is 5.31. The van der Waals surface area contributed by atoms with Crippen LogP contribution in [0.15, 0.2) is 12.2 Å². The van der Waals surface area contributed by atoms with Crippen LogP contribution < -0.4 is 0 Å². The molecular formula is C9H14O3. The van der Waals surface area contributed by atoms with Gasteiger partial charge < -0.3 is 5.11 Å². The second-order valence-corrected chi connectivity index (χ2v) is 3.74. The Kier molecular flexibility index (Phi) is 3.67. The van der Waals surface area contributed by atoms with Crippen LogP contribution in [0.3, 0.4) is 0 Å². The van der Waals surface area contributed by atoms with Gasteiger partial charge in [0.2, 0.25) is 0 Å². The first-order valence-electron chi connectivity index (χ1n) is 3.75. The largest absolute Gasteiger partial charge is 0.481 e. The number of carboxylic acid groups (broad SMARTS) is 1. The third-order valence-electron chi connectivity index (χ3n) is 1.09. The van der Waals surface area contributed by atoms with Crippen molar-refractivity contribution in [3.8, 4) is 0 Å². The Morgan fingerprint density at radius 3 is 2.17 bits per heavy atom. The molecule has 12 heavy (non-hydrogen) atoms. The van der Waals surface area contributed by atoms with Gasteiger partial charge in [0.05, 0.1) is 0 Å². The van der Waals surface area contributed by atoms with Gasteiger partial charge in [-0.05, 0) is 11.5 Å². The fourth-order valence-corrected chi connectivity index (χ4v) is 0.551. The number of allylic oxidation sites excluding steroid dienone is 2. The predicted molar refractivity (Wildman–Crippen MR) is 45.9 cm³/mol. The normalized spacial score (nSPS) is 11.9. The summed E-state index contributed by atoms with van der Waals surface area (Å²) in [7, 11) is 0. The molecular weight excluding hydrogens is 156 g/mol. The molecule has 1 N–H and O–H groups in total. The maximum Gasteiger partial charge on any atom is 0.311 e. The Morgan fingerprint density at radius 2 is 1.83 bits per heavy atom. The van der Waals surface area contributed by atoms with Gasteiger partial charge in [-0.1, -0.05) is 26.8 Å². The quantitative estimate of drug-likeness (QED) is 0.517.